The molecule has 18 heavy (non-hydrogen) atoms. The van der Waals surface area contributed by atoms with Crippen LogP contribution >= 0.6 is 11.8 Å². The third-order valence-corrected chi connectivity index (χ3v) is 4.77. The second-order valence-corrected chi connectivity index (χ2v) is 6.46. The van der Waals surface area contributed by atoms with Gasteiger partial charge in [0.15, 0.2) is 0 Å². The molecule has 1 N–H and O–H groups in total. The second-order valence-electron chi connectivity index (χ2n) is 5.15. The van der Waals surface area contributed by atoms with E-state index in [1.54, 1.807) is 0 Å². The van der Waals surface area contributed by atoms with Crippen molar-refractivity contribution in [1.82, 2.24) is 9.55 Å². The van der Waals surface area contributed by atoms with Crippen molar-refractivity contribution in [2.45, 2.75) is 58.0 Å². The van der Waals surface area contributed by atoms with Crippen molar-refractivity contribution in [2.75, 3.05) is 16.8 Å². The van der Waals surface area contributed by atoms with Gasteiger partial charge in [-0.05, 0) is 25.5 Å². The van der Waals surface area contributed by atoms with Gasteiger partial charge in [0, 0.05) is 30.2 Å². The first kappa shape index (κ1) is 13.8. The number of nitrogens with one attached hydrogen (secondary N) is 1. The summed E-state index contributed by atoms with van der Waals surface area (Å²) in [6.45, 7) is 4.49. The van der Waals surface area contributed by atoms with Gasteiger partial charge in [0.1, 0.15) is 0 Å². The average Bonchev–Trinajstić information content (AvgIpc) is 2.85. The molecule has 1 aromatic rings. The van der Waals surface area contributed by atoms with E-state index in [9.17, 15) is 0 Å². The van der Waals surface area contributed by atoms with Gasteiger partial charge in [-0.15, -0.1) is 0 Å². The lowest BCUT2D eigenvalue weighted by Gasteiger charge is -2.25. The molecule has 0 radical (unpaired) electrons. The molecular weight excluding hydrogens is 242 g/mol. The molecule has 0 aromatic carbocycles. The molecule has 1 heterocycles. The minimum atomic E-state index is 0.517. The summed E-state index contributed by atoms with van der Waals surface area (Å²) in [5, 5.41) is 3.63. The van der Waals surface area contributed by atoms with Crippen LogP contribution in [-0.4, -0.2) is 27.1 Å². The fourth-order valence-electron chi connectivity index (χ4n) is 2.58. The molecule has 1 aliphatic rings. The van der Waals surface area contributed by atoms with Crippen LogP contribution in [0.25, 0.3) is 0 Å². The van der Waals surface area contributed by atoms with Crippen LogP contribution in [0.2, 0.25) is 0 Å². The van der Waals surface area contributed by atoms with E-state index >= 15 is 0 Å². The van der Waals surface area contributed by atoms with E-state index in [2.05, 4.69) is 34.9 Å². The maximum atomic E-state index is 4.48. The van der Waals surface area contributed by atoms with Gasteiger partial charge in [0.05, 0.1) is 0 Å². The van der Waals surface area contributed by atoms with E-state index in [0.29, 0.717) is 12.1 Å². The van der Waals surface area contributed by atoms with E-state index in [4.69, 9.17) is 0 Å². The van der Waals surface area contributed by atoms with Gasteiger partial charge in [-0.1, -0.05) is 26.2 Å². The fraction of sp³-hybridized carbons (Fsp3) is 0.786. The van der Waals surface area contributed by atoms with Gasteiger partial charge in [0.2, 0.25) is 5.95 Å². The zero-order valence-electron chi connectivity index (χ0n) is 11.6. The van der Waals surface area contributed by atoms with Gasteiger partial charge < -0.3 is 9.88 Å². The van der Waals surface area contributed by atoms with Crippen LogP contribution in [0.3, 0.4) is 0 Å². The first-order valence-corrected chi connectivity index (χ1v) is 8.34. The molecule has 0 aliphatic heterocycles. The van der Waals surface area contributed by atoms with E-state index in [1.165, 1.54) is 37.9 Å². The SMILES string of the molecule is CCSCC(C)n1ccnc1NC1CCCCC1. The van der Waals surface area contributed by atoms with E-state index in [0.717, 1.165) is 11.7 Å². The molecule has 1 atom stereocenters. The van der Waals surface area contributed by atoms with Crippen LogP contribution in [0.4, 0.5) is 5.95 Å². The Balaban J connectivity index is 1.93. The zero-order valence-corrected chi connectivity index (χ0v) is 12.4. The highest BCUT2D eigenvalue weighted by atomic mass is 32.2. The zero-order chi connectivity index (χ0) is 12.8. The molecule has 1 aliphatic carbocycles. The lowest BCUT2D eigenvalue weighted by molar-refractivity contribution is 0.457. The van der Waals surface area contributed by atoms with Crippen molar-refractivity contribution < 1.29 is 0 Å². The first-order valence-electron chi connectivity index (χ1n) is 7.18. The molecule has 102 valence electrons. The summed E-state index contributed by atoms with van der Waals surface area (Å²) >= 11 is 1.99. The monoisotopic (exact) mass is 267 g/mol. The van der Waals surface area contributed by atoms with Gasteiger partial charge in [-0.25, -0.2) is 4.98 Å². The maximum absolute atomic E-state index is 4.48. The Morgan fingerprint density at radius 1 is 1.44 bits per heavy atom. The lowest BCUT2D eigenvalue weighted by Crippen LogP contribution is -2.25. The fourth-order valence-corrected chi connectivity index (χ4v) is 3.32. The average molecular weight is 267 g/mol. The predicted octanol–water partition coefficient (Wildman–Crippen LogP) is 3.94. The molecule has 0 amide bonds. The van der Waals surface area contributed by atoms with E-state index in [1.807, 2.05) is 18.0 Å². The first-order chi connectivity index (χ1) is 8.81. The summed E-state index contributed by atoms with van der Waals surface area (Å²) in [6, 6.07) is 1.15. The number of imidazole rings is 1. The molecule has 1 fully saturated rings. The van der Waals surface area contributed by atoms with Crippen molar-refractivity contribution in [2.24, 2.45) is 0 Å². The van der Waals surface area contributed by atoms with Crippen molar-refractivity contribution in [3.8, 4) is 0 Å². The van der Waals surface area contributed by atoms with Gasteiger partial charge >= 0.3 is 0 Å². The van der Waals surface area contributed by atoms with E-state index in [-0.39, 0.29) is 0 Å². The Bertz CT molecular complexity index is 345. The summed E-state index contributed by atoms with van der Waals surface area (Å²) in [4.78, 5) is 4.48. The number of aromatic nitrogens is 2. The van der Waals surface area contributed by atoms with Crippen molar-refractivity contribution in [3.63, 3.8) is 0 Å². The highest BCUT2D eigenvalue weighted by molar-refractivity contribution is 7.99. The summed E-state index contributed by atoms with van der Waals surface area (Å²) in [7, 11) is 0. The molecule has 0 spiro atoms. The molecular formula is C14H25N3S. The summed E-state index contributed by atoms with van der Waals surface area (Å²) in [5.74, 6) is 3.41. The highest BCUT2D eigenvalue weighted by Crippen LogP contribution is 2.23. The van der Waals surface area contributed by atoms with Gasteiger partial charge in [0.25, 0.3) is 0 Å². The topological polar surface area (TPSA) is 29.9 Å². The molecule has 0 saturated heterocycles. The van der Waals surface area contributed by atoms with Gasteiger partial charge in [-0.3, -0.25) is 0 Å². The number of anilines is 1. The Labute approximate surface area is 115 Å². The molecule has 1 aromatic heterocycles. The number of hydrogen-bond donors (Lipinski definition) is 1. The van der Waals surface area contributed by atoms with Crippen LogP contribution in [0.5, 0.6) is 0 Å². The van der Waals surface area contributed by atoms with Crippen LogP contribution in [0, 0.1) is 0 Å². The molecule has 1 unspecified atom stereocenters. The van der Waals surface area contributed by atoms with Crippen LogP contribution in [-0.2, 0) is 0 Å². The standard InChI is InChI=1S/C14H25N3S/c1-3-18-11-12(2)17-10-9-15-14(17)16-13-7-5-4-6-8-13/h9-10,12-13H,3-8,11H2,1-2H3,(H,15,16). The minimum absolute atomic E-state index is 0.517. The van der Waals surface area contributed by atoms with Gasteiger partial charge in [-0.2, -0.15) is 11.8 Å². The molecule has 0 bridgehead atoms. The van der Waals surface area contributed by atoms with Crippen molar-refractivity contribution >= 4 is 17.7 Å². The number of thioether (sulfide) groups is 1. The molecule has 1 saturated carbocycles. The normalized spacial score (nSPS) is 18.8. The van der Waals surface area contributed by atoms with Crippen LogP contribution in [0.15, 0.2) is 12.4 Å². The summed E-state index contributed by atoms with van der Waals surface area (Å²) in [6.07, 6.45) is 10.7. The van der Waals surface area contributed by atoms with E-state index < -0.39 is 0 Å². The smallest absolute Gasteiger partial charge is 0.203 e. The predicted molar refractivity (Wildman–Crippen MR) is 80.4 cm³/mol. The van der Waals surface area contributed by atoms with Crippen LogP contribution < -0.4 is 5.32 Å². The number of hydrogen-bond acceptors (Lipinski definition) is 3. The number of rotatable bonds is 6. The third kappa shape index (κ3) is 3.67. The summed E-state index contributed by atoms with van der Waals surface area (Å²) < 4.78 is 2.29. The maximum Gasteiger partial charge on any atom is 0.203 e. The second kappa shape index (κ2) is 7.07. The highest BCUT2D eigenvalue weighted by Gasteiger charge is 2.16. The molecule has 2 rings (SSSR count). The van der Waals surface area contributed by atoms with Crippen molar-refractivity contribution in [3.05, 3.63) is 12.4 Å². The lowest BCUT2D eigenvalue weighted by atomic mass is 9.96. The Morgan fingerprint density at radius 3 is 2.94 bits per heavy atom. The quantitative estimate of drug-likeness (QED) is 0.846. The Kier molecular flexibility index (Phi) is 5.42. The van der Waals surface area contributed by atoms with Crippen molar-refractivity contribution in [1.29, 1.82) is 0 Å². The van der Waals surface area contributed by atoms with Crippen LogP contribution in [0.1, 0.15) is 52.0 Å². The third-order valence-electron chi connectivity index (χ3n) is 3.65. The Hall–Kier alpha value is -0.640. The minimum Gasteiger partial charge on any atom is -0.353 e. The summed E-state index contributed by atoms with van der Waals surface area (Å²) in [5.41, 5.74) is 0. The number of nitrogens with zero attached hydrogens (tertiary/aromatic N) is 2. The molecule has 4 heteroatoms. The largest absolute Gasteiger partial charge is 0.353 e. The molecule has 3 nitrogen and oxygen atoms in total. The Morgan fingerprint density at radius 2 is 2.22 bits per heavy atom.